The molecule has 1 heterocycles. The average molecular weight is 419 g/mol. The van der Waals surface area contributed by atoms with E-state index in [4.69, 9.17) is 11.6 Å². The Balaban J connectivity index is 1.99. The van der Waals surface area contributed by atoms with E-state index in [-0.39, 0.29) is 22.2 Å². The number of nitrogens with zero attached hydrogens (tertiary/aromatic N) is 1. The molecule has 0 radical (unpaired) electrons. The van der Waals surface area contributed by atoms with Crippen LogP contribution in [0.1, 0.15) is 36.9 Å². The van der Waals surface area contributed by atoms with Gasteiger partial charge in [0.05, 0.1) is 6.04 Å². The number of hydrogen-bond acceptors (Lipinski definition) is 1. The molecule has 150 valence electrons. The van der Waals surface area contributed by atoms with E-state index in [9.17, 15) is 18.0 Å². The fourth-order valence-electron chi connectivity index (χ4n) is 3.65. The Morgan fingerprint density at radius 2 is 1.90 bits per heavy atom. The number of carbonyl (C=O) groups is 1. The molecule has 1 N–H and O–H groups in total. The van der Waals surface area contributed by atoms with Crippen LogP contribution in [0.15, 0.2) is 48.5 Å². The number of fused-ring (bicyclic) bond motifs is 1. The second kappa shape index (κ2) is 7.00. The van der Waals surface area contributed by atoms with Crippen molar-refractivity contribution in [1.82, 2.24) is 4.90 Å². The fraction of sp³-hybridized carbons (Fsp3) is 0.318. The predicted molar refractivity (Wildman–Crippen MR) is 105 cm³/mol. The van der Waals surface area contributed by atoms with E-state index in [2.05, 4.69) is 17.2 Å². The number of carbonyl (C=O) groups excluding carboxylic acids is 1. The first-order valence-corrected chi connectivity index (χ1v) is 9.66. The summed E-state index contributed by atoms with van der Waals surface area (Å²) in [6, 6.07) is 11.0. The number of hydrogen-bond donors (Lipinski definition) is 1. The van der Waals surface area contributed by atoms with Crippen molar-refractivity contribution in [2.24, 2.45) is 5.92 Å². The highest BCUT2D eigenvalue weighted by molar-refractivity contribution is 6.30. The zero-order valence-electron chi connectivity index (χ0n) is 15.6. The summed E-state index contributed by atoms with van der Waals surface area (Å²) < 4.78 is 44.4. The highest BCUT2D eigenvalue weighted by Gasteiger charge is 2.64. The van der Waals surface area contributed by atoms with Gasteiger partial charge in [-0.15, -0.1) is 0 Å². The molecule has 7 heteroatoms. The van der Waals surface area contributed by atoms with Crippen molar-refractivity contribution in [2.75, 3.05) is 5.32 Å². The van der Waals surface area contributed by atoms with Gasteiger partial charge in [0.2, 0.25) is 5.54 Å². The molecule has 29 heavy (non-hydrogen) atoms. The second-order valence-corrected chi connectivity index (χ2v) is 7.76. The molecular weight excluding hydrogens is 401 g/mol. The molecule has 0 bridgehead atoms. The first-order chi connectivity index (χ1) is 13.7. The highest BCUT2D eigenvalue weighted by atomic mass is 35.5. The van der Waals surface area contributed by atoms with Gasteiger partial charge in [0, 0.05) is 22.2 Å². The molecule has 2 aromatic rings. The van der Waals surface area contributed by atoms with E-state index in [1.807, 2.05) is 0 Å². The van der Waals surface area contributed by atoms with Crippen LogP contribution in [0.25, 0.3) is 0 Å². The maximum atomic E-state index is 14.8. The van der Waals surface area contributed by atoms with Gasteiger partial charge in [-0.05, 0) is 43.5 Å². The van der Waals surface area contributed by atoms with Crippen LogP contribution in [0, 0.1) is 17.8 Å². The molecule has 3 nitrogen and oxygen atoms in total. The Kier molecular flexibility index (Phi) is 4.74. The summed E-state index contributed by atoms with van der Waals surface area (Å²) in [7, 11) is 0. The number of anilines is 1. The van der Waals surface area contributed by atoms with Crippen LogP contribution in [-0.2, 0) is 5.54 Å². The van der Waals surface area contributed by atoms with Gasteiger partial charge in [-0.2, -0.15) is 13.2 Å². The lowest BCUT2D eigenvalue weighted by Gasteiger charge is -2.48. The number of amides is 2. The minimum atomic E-state index is -4.84. The molecular formula is C22H18ClF3N2O. The molecule has 1 saturated carbocycles. The van der Waals surface area contributed by atoms with Crippen LogP contribution in [0.4, 0.5) is 23.7 Å². The van der Waals surface area contributed by atoms with Crippen molar-refractivity contribution >= 4 is 23.3 Å². The van der Waals surface area contributed by atoms with Crippen LogP contribution in [-0.4, -0.2) is 17.1 Å². The van der Waals surface area contributed by atoms with Crippen molar-refractivity contribution in [3.8, 4) is 11.8 Å². The first kappa shape index (κ1) is 19.7. The topological polar surface area (TPSA) is 32.3 Å². The van der Waals surface area contributed by atoms with Gasteiger partial charge in [0.15, 0.2) is 0 Å². The van der Waals surface area contributed by atoms with Crippen LogP contribution >= 0.6 is 11.6 Å². The number of halogens is 4. The Bertz CT molecular complexity index is 1010. The molecule has 2 atom stereocenters. The average Bonchev–Trinajstić information content (AvgIpc) is 3.50. The number of nitrogens with one attached hydrogen (secondary N) is 1. The summed E-state index contributed by atoms with van der Waals surface area (Å²) in [6.07, 6.45) is -3.30. The predicted octanol–water partition coefficient (Wildman–Crippen LogP) is 6.12. The van der Waals surface area contributed by atoms with Gasteiger partial charge in [0.25, 0.3) is 0 Å². The molecule has 1 fully saturated rings. The fourth-order valence-corrected chi connectivity index (χ4v) is 3.82. The number of alkyl halides is 3. The largest absolute Gasteiger partial charge is 0.427 e. The van der Waals surface area contributed by atoms with E-state index in [1.54, 1.807) is 37.3 Å². The highest BCUT2D eigenvalue weighted by Crippen LogP contribution is 2.52. The van der Waals surface area contributed by atoms with Crippen molar-refractivity contribution in [3.63, 3.8) is 0 Å². The summed E-state index contributed by atoms with van der Waals surface area (Å²) in [5.41, 5.74) is -2.31. The normalized spacial score (nSPS) is 22.2. The summed E-state index contributed by atoms with van der Waals surface area (Å²) in [6.45, 7) is 1.57. The third-order valence-corrected chi connectivity index (χ3v) is 5.54. The molecule has 0 aromatic heterocycles. The molecule has 2 aliphatic rings. The van der Waals surface area contributed by atoms with Gasteiger partial charge in [-0.1, -0.05) is 53.8 Å². The maximum Gasteiger partial charge on any atom is 0.427 e. The molecule has 0 spiro atoms. The number of rotatable bonds is 2. The van der Waals surface area contributed by atoms with Gasteiger partial charge >= 0.3 is 12.2 Å². The molecule has 0 saturated heterocycles. The zero-order valence-corrected chi connectivity index (χ0v) is 16.3. The van der Waals surface area contributed by atoms with Gasteiger partial charge in [0.1, 0.15) is 0 Å². The molecule has 2 unspecified atom stereocenters. The van der Waals surface area contributed by atoms with Crippen LogP contribution in [0.2, 0.25) is 5.02 Å². The van der Waals surface area contributed by atoms with Crippen molar-refractivity contribution in [3.05, 3.63) is 64.7 Å². The van der Waals surface area contributed by atoms with E-state index >= 15 is 0 Å². The summed E-state index contributed by atoms with van der Waals surface area (Å²) >= 11 is 6.06. The minimum absolute atomic E-state index is 0.0679. The van der Waals surface area contributed by atoms with E-state index in [1.165, 1.54) is 18.2 Å². The summed E-state index contributed by atoms with van der Waals surface area (Å²) in [4.78, 5) is 13.8. The molecule has 2 aromatic carbocycles. The van der Waals surface area contributed by atoms with Crippen molar-refractivity contribution in [2.45, 2.75) is 37.5 Å². The Morgan fingerprint density at radius 3 is 2.52 bits per heavy atom. The lowest BCUT2D eigenvalue weighted by atomic mass is 9.82. The standard InChI is InChI=1S/C22H18ClF3N2O/c1-14(16-5-3-2-4-6-16)28-20(29)27-19-10-9-17(23)13-18(19)21(28,22(24,25)26)12-11-15-7-8-15/h2-6,9-10,13-15H,7-8H2,1H3,(H,27,29). The van der Waals surface area contributed by atoms with Crippen molar-refractivity contribution < 1.29 is 18.0 Å². The first-order valence-electron chi connectivity index (χ1n) is 9.29. The third-order valence-electron chi connectivity index (χ3n) is 5.31. The van der Waals surface area contributed by atoms with Crippen LogP contribution < -0.4 is 5.32 Å². The molecule has 4 rings (SSSR count). The van der Waals surface area contributed by atoms with E-state index in [0.717, 1.165) is 17.7 Å². The Labute approximate surface area is 171 Å². The molecule has 2 amide bonds. The lowest BCUT2D eigenvalue weighted by molar-refractivity contribution is -0.212. The number of benzene rings is 2. The maximum absolute atomic E-state index is 14.8. The molecule has 1 aliphatic heterocycles. The summed E-state index contributed by atoms with van der Waals surface area (Å²) in [5.74, 6) is 5.17. The van der Waals surface area contributed by atoms with Crippen LogP contribution in [0.5, 0.6) is 0 Å². The van der Waals surface area contributed by atoms with E-state index < -0.39 is 23.8 Å². The van der Waals surface area contributed by atoms with Gasteiger partial charge < -0.3 is 5.32 Å². The third kappa shape index (κ3) is 3.34. The smallest absolute Gasteiger partial charge is 0.307 e. The quantitative estimate of drug-likeness (QED) is 0.585. The zero-order chi connectivity index (χ0) is 20.8. The van der Waals surface area contributed by atoms with E-state index in [0.29, 0.717) is 5.56 Å². The van der Waals surface area contributed by atoms with Gasteiger partial charge in [-0.25, -0.2) is 4.79 Å². The number of urea groups is 1. The monoisotopic (exact) mass is 418 g/mol. The summed E-state index contributed by atoms with van der Waals surface area (Å²) in [5, 5.41) is 2.73. The Hall–Kier alpha value is -2.65. The Morgan fingerprint density at radius 1 is 1.21 bits per heavy atom. The second-order valence-electron chi connectivity index (χ2n) is 7.33. The molecule has 1 aliphatic carbocycles. The lowest BCUT2D eigenvalue weighted by Crippen LogP contribution is -2.62. The van der Waals surface area contributed by atoms with Crippen LogP contribution in [0.3, 0.4) is 0 Å². The van der Waals surface area contributed by atoms with Gasteiger partial charge in [-0.3, -0.25) is 4.90 Å². The minimum Gasteiger partial charge on any atom is -0.307 e. The van der Waals surface area contributed by atoms with Crippen molar-refractivity contribution in [1.29, 1.82) is 0 Å². The SMILES string of the molecule is CC(c1ccccc1)N1C(=O)Nc2ccc(Cl)cc2C1(C#CC1CC1)C(F)(F)F.